The van der Waals surface area contributed by atoms with E-state index in [9.17, 15) is 18.0 Å². The minimum atomic E-state index is -1.59. The van der Waals surface area contributed by atoms with Crippen LogP contribution in [0.5, 0.6) is 0 Å². The number of carbonyl (C=O) groups excluding carboxylic acids is 1. The van der Waals surface area contributed by atoms with Gasteiger partial charge in [0, 0.05) is 12.0 Å². The fraction of sp³-hybridized carbons (Fsp3) is 0.500. The molecule has 0 heterocycles. The lowest BCUT2D eigenvalue weighted by molar-refractivity contribution is -0.117. The Labute approximate surface area is 115 Å². The number of hydrogen-bond acceptors (Lipinski definition) is 2. The monoisotopic (exact) mass is 286 g/mol. The first-order chi connectivity index (χ1) is 9.41. The Morgan fingerprint density at radius 3 is 2.45 bits per heavy atom. The van der Waals surface area contributed by atoms with Crippen LogP contribution in [0.4, 0.5) is 18.9 Å². The summed E-state index contributed by atoms with van der Waals surface area (Å²) in [7, 11) is 0. The molecule has 2 rings (SSSR count). The summed E-state index contributed by atoms with van der Waals surface area (Å²) >= 11 is 0. The van der Waals surface area contributed by atoms with Gasteiger partial charge in [-0.3, -0.25) is 4.79 Å². The second kappa shape index (κ2) is 5.83. The van der Waals surface area contributed by atoms with Crippen molar-refractivity contribution in [3.05, 3.63) is 29.6 Å². The summed E-state index contributed by atoms with van der Waals surface area (Å²) < 4.78 is 39.3. The number of nitrogens with one attached hydrogen (secondary N) is 1. The van der Waals surface area contributed by atoms with E-state index in [2.05, 4.69) is 5.32 Å². The molecule has 6 heteroatoms. The maximum Gasteiger partial charge on any atom is 0.226 e. The highest BCUT2D eigenvalue weighted by Crippen LogP contribution is 2.29. The summed E-state index contributed by atoms with van der Waals surface area (Å²) in [6.07, 6.45) is 4.54. The van der Waals surface area contributed by atoms with Gasteiger partial charge in [-0.25, -0.2) is 13.2 Å². The quantitative estimate of drug-likeness (QED) is 0.839. The normalized spacial score (nSPS) is 17.8. The van der Waals surface area contributed by atoms with Gasteiger partial charge in [0.2, 0.25) is 5.91 Å². The van der Waals surface area contributed by atoms with Crippen molar-refractivity contribution in [3.63, 3.8) is 0 Å². The molecular weight excluding hydrogens is 269 g/mol. The summed E-state index contributed by atoms with van der Waals surface area (Å²) in [4.78, 5) is 11.9. The van der Waals surface area contributed by atoms with Gasteiger partial charge in [0.15, 0.2) is 17.5 Å². The molecule has 1 fully saturated rings. The first-order valence-corrected chi connectivity index (χ1v) is 6.63. The van der Waals surface area contributed by atoms with E-state index in [0.717, 1.165) is 44.2 Å². The van der Waals surface area contributed by atoms with Gasteiger partial charge >= 0.3 is 0 Å². The average molecular weight is 286 g/mol. The van der Waals surface area contributed by atoms with Crippen LogP contribution in [0.1, 0.15) is 38.5 Å². The lowest BCUT2D eigenvalue weighted by atomic mass is 9.80. The summed E-state index contributed by atoms with van der Waals surface area (Å²) in [5.41, 5.74) is 5.16. The van der Waals surface area contributed by atoms with Crippen LogP contribution in [0.3, 0.4) is 0 Å². The van der Waals surface area contributed by atoms with Crippen molar-refractivity contribution in [2.45, 2.75) is 44.1 Å². The second-order valence-corrected chi connectivity index (χ2v) is 5.37. The number of hydrogen-bond donors (Lipinski definition) is 2. The van der Waals surface area contributed by atoms with Crippen molar-refractivity contribution in [3.8, 4) is 0 Å². The molecule has 0 unspecified atom stereocenters. The molecule has 1 aliphatic rings. The number of carbonyl (C=O) groups is 1. The van der Waals surface area contributed by atoms with Gasteiger partial charge in [0.05, 0.1) is 5.69 Å². The third kappa shape index (κ3) is 3.30. The lowest BCUT2D eigenvalue weighted by Crippen LogP contribution is -2.44. The van der Waals surface area contributed by atoms with Crippen LogP contribution < -0.4 is 11.1 Å². The first kappa shape index (κ1) is 14.8. The van der Waals surface area contributed by atoms with Crippen molar-refractivity contribution < 1.29 is 18.0 Å². The highest BCUT2D eigenvalue weighted by atomic mass is 19.2. The molecule has 0 aromatic heterocycles. The van der Waals surface area contributed by atoms with Crippen LogP contribution in [0.25, 0.3) is 0 Å². The van der Waals surface area contributed by atoms with Crippen LogP contribution in [-0.2, 0) is 4.79 Å². The van der Waals surface area contributed by atoms with Gasteiger partial charge in [0.1, 0.15) is 0 Å². The number of rotatable bonds is 3. The molecule has 1 aromatic carbocycles. The van der Waals surface area contributed by atoms with Crippen molar-refractivity contribution in [1.82, 2.24) is 0 Å². The molecule has 3 nitrogen and oxygen atoms in total. The van der Waals surface area contributed by atoms with E-state index >= 15 is 0 Å². The largest absolute Gasteiger partial charge is 0.325 e. The van der Waals surface area contributed by atoms with Gasteiger partial charge in [-0.1, -0.05) is 19.3 Å². The van der Waals surface area contributed by atoms with Crippen molar-refractivity contribution in [1.29, 1.82) is 0 Å². The van der Waals surface area contributed by atoms with Crippen molar-refractivity contribution in [2.75, 3.05) is 5.32 Å². The Morgan fingerprint density at radius 2 is 1.80 bits per heavy atom. The smallest absolute Gasteiger partial charge is 0.226 e. The lowest BCUT2D eigenvalue weighted by Gasteiger charge is -2.32. The second-order valence-electron chi connectivity index (χ2n) is 5.37. The SMILES string of the molecule is NC1(CC(=O)Nc2ccc(F)c(F)c2F)CCCCC1. The molecule has 0 bridgehead atoms. The van der Waals surface area contributed by atoms with Gasteiger partial charge in [-0.05, 0) is 25.0 Å². The Bertz CT molecular complexity index is 513. The third-order valence-corrected chi connectivity index (χ3v) is 3.67. The molecule has 0 aliphatic heterocycles. The van der Waals surface area contributed by atoms with Crippen LogP contribution in [-0.4, -0.2) is 11.4 Å². The summed E-state index contributed by atoms with van der Waals surface area (Å²) in [5, 5.41) is 2.25. The number of amides is 1. The predicted octanol–water partition coefficient (Wildman–Crippen LogP) is 3.09. The van der Waals surface area contributed by atoms with E-state index in [-0.39, 0.29) is 12.1 Å². The summed E-state index contributed by atoms with van der Waals surface area (Å²) in [6.45, 7) is 0. The molecule has 1 saturated carbocycles. The first-order valence-electron chi connectivity index (χ1n) is 6.63. The fourth-order valence-electron chi connectivity index (χ4n) is 2.57. The maximum atomic E-state index is 13.4. The van der Waals surface area contributed by atoms with E-state index in [1.165, 1.54) is 0 Å². The minimum absolute atomic E-state index is 0.0471. The number of benzene rings is 1. The van der Waals surface area contributed by atoms with Crippen LogP contribution in [0.15, 0.2) is 12.1 Å². The molecule has 1 aliphatic carbocycles. The maximum absolute atomic E-state index is 13.4. The zero-order valence-electron chi connectivity index (χ0n) is 11.0. The van der Waals surface area contributed by atoms with E-state index in [1.807, 2.05) is 0 Å². The highest BCUT2D eigenvalue weighted by molar-refractivity contribution is 5.91. The summed E-state index contributed by atoms with van der Waals surface area (Å²) in [6, 6.07) is 1.77. The molecular formula is C14H17F3N2O. The molecule has 0 spiro atoms. The molecule has 110 valence electrons. The number of anilines is 1. The summed E-state index contributed by atoms with van der Waals surface area (Å²) in [5.74, 6) is -4.77. The van der Waals surface area contributed by atoms with Gasteiger partial charge in [0.25, 0.3) is 0 Å². The van der Waals surface area contributed by atoms with Crippen LogP contribution in [0, 0.1) is 17.5 Å². The van der Waals surface area contributed by atoms with Gasteiger partial charge in [-0.15, -0.1) is 0 Å². The average Bonchev–Trinajstić information content (AvgIpc) is 2.40. The topological polar surface area (TPSA) is 55.1 Å². The Kier molecular flexibility index (Phi) is 4.32. The highest BCUT2D eigenvalue weighted by Gasteiger charge is 2.30. The molecule has 1 aromatic rings. The number of nitrogens with two attached hydrogens (primary N) is 1. The minimum Gasteiger partial charge on any atom is -0.325 e. The van der Waals surface area contributed by atoms with Gasteiger partial charge < -0.3 is 11.1 Å². The number of halogens is 3. The standard InChI is InChI=1S/C14H17F3N2O/c15-9-4-5-10(13(17)12(9)16)19-11(20)8-14(18)6-2-1-3-7-14/h4-5H,1-3,6-8,18H2,(H,19,20). The molecule has 3 N–H and O–H groups in total. The molecule has 1 amide bonds. The Morgan fingerprint density at radius 1 is 1.15 bits per heavy atom. The zero-order chi connectivity index (χ0) is 14.8. The van der Waals surface area contributed by atoms with E-state index < -0.39 is 28.9 Å². The molecule has 0 saturated heterocycles. The fourth-order valence-corrected chi connectivity index (χ4v) is 2.57. The van der Waals surface area contributed by atoms with E-state index in [0.29, 0.717) is 0 Å². The zero-order valence-corrected chi connectivity index (χ0v) is 11.0. The van der Waals surface area contributed by atoms with Crippen molar-refractivity contribution in [2.24, 2.45) is 5.73 Å². The molecule has 20 heavy (non-hydrogen) atoms. The molecule has 0 atom stereocenters. The van der Waals surface area contributed by atoms with E-state index in [4.69, 9.17) is 5.73 Å². The van der Waals surface area contributed by atoms with Gasteiger partial charge in [-0.2, -0.15) is 0 Å². The predicted molar refractivity (Wildman–Crippen MR) is 69.6 cm³/mol. The van der Waals surface area contributed by atoms with Crippen LogP contribution in [0.2, 0.25) is 0 Å². The Hall–Kier alpha value is -1.56. The van der Waals surface area contributed by atoms with Crippen LogP contribution >= 0.6 is 0 Å². The van der Waals surface area contributed by atoms with E-state index in [1.54, 1.807) is 0 Å². The van der Waals surface area contributed by atoms with Crippen molar-refractivity contribution >= 4 is 11.6 Å². The molecule has 0 radical (unpaired) electrons. The Balaban J connectivity index is 2.03. The third-order valence-electron chi connectivity index (χ3n) is 3.67.